The summed E-state index contributed by atoms with van der Waals surface area (Å²) < 4.78 is 34.2. The number of hydrogen-bond donors (Lipinski definition) is 1. The highest BCUT2D eigenvalue weighted by Crippen LogP contribution is 2.26. The largest absolute Gasteiger partial charge is 0.492 e. The summed E-state index contributed by atoms with van der Waals surface area (Å²) in [5.41, 5.74) is 0.900. The van der Waals surface area contributed by atoms with Crippen LogP contribution in [-0.2, 0) is 14.8 Å². The first-order valence-electron chi connectivity index (χ1n) is 9.27. The van der Waals surface area contributed by atoms with Crippen molar-refractivity contribution in [2.45, 2.75) is 11.8 Å². The standard InChI is InChI=1S/C22H21IN2O4S/c1-2-29-21-11-7-6-10-20(21)24-22(26)16-25(18-14-12-17(23)13-15-18)30(27,28)19-8-4-3-5-9-19/h3-15H,2,16H2,1H3,(H,24,26). The second kappa shape index (κ2) is 9.94. The number of halogens is 1. The maximum atomic E-state index is 13.3. The summed E-state index contributed by atoms with van der Waals surface area (Å²) in [6.45, 7) is 1.92. The van der Waals surface area contributed by atoms with Gasteiger partial charge in [-0.2, -0.15) is 0 Å². The van der Waals surface area contributed by atoms with Gasteiger partial charge in [-0.3, -0.25) is 9.10 Å². The van der Waals surface area contributed by atoms with Crippen LogP contribution in [0.15, 0.2) is 83.8 Å². The summed E-state index contributed by atoms with van der Waals surface area (Å²) in [7, 11) is -3.94. The second-order valence-corrected chi connectivity index (χ2v) is 9.39. The molecule has 0 saturated carbocycles. The molecule has 6 nitrogen and oxygen atoms in total. The predicted octanol–water partition coefficient (Wildman–Crippen LogP) is 4.52. The Kier molecular flexibility index (Phi) is 7.33. The minimum absolute atomic E-state index is 0.117. The molecule has 8 heteroatoms. The number of nitrogens with zero attached hydrogens (tertiary/aromatic N) is 1. The number of hydrogen-bond acceptors (Lipinski definition) is 4. The molecule has 0 bridgehead atoms. The van der Waals surface area contributed by atoms with E-state index in [0.717, 1.165) is 7.88 Å². The van der Waals surface area contributed by atoms with Gasteiger partial charge in [-0.25, -0.2) is 8.42 Å². The quantitative estimate of drug-likeness (QED) is 0.430. The van der Waals surface area contributed by atoms with E-state index in [0.29, 0.717) is 23.7 Å². The Morgan fingerprint density at radius 3 is 2.27 bits per heavy atom. The zero-order valence-corrected chi connectivity index (χ0v) is 19.3. The first kappa shape index (κ1) is 22.1. The van der Waals surface area contributed by atoms with E-state index in [9.17, 15) is 13.2 Å². The third-order valence-corrected chi connectivity index (χ3v) is 6.70. The molecule has 3 aromatic carbocycles. The molecular formula is C22H21IN2O4S. The lowest BCUT2D eigenvalue weighted by atomic mass is 10.3. The fourth-order valence-corrected chi connectivity index (χ4v) is 4.62. The molecule has 0 aliphatic carbocycles. The molecule has 0 unspecified atom stereocenters. The van der Waals surface area contributed by atoms with Crippen LogP contribution in [-0.4, -0.2) is 27.5 Å². The Bertz CT molecular complexity index is 1100. The maximum absolute atomic E-state index is 13.3. The van der Waals surface area contributed by atoms with E-state index in [1.54, 1.807) is 66.7 Å². The normalized spacial score (nSPS) is 11.0. The topological polar surface area (TPSA) is 75.7 Å². The molecule has 3 rings (SSSR count). The molecule has 0 heterocycles. The Morgan fingerprint density at radius 1 is 0.967 bits per heavy atom. The van der Waals surface area contributed by atoms with Crippen molar-refractivity contribution in [3.8, 4) is 5.75 Å². The fraction of sp³-hybridized carbons (Fsp3) is 0.136. The zero-order valence-electron chi connectivity index (χ0n) is 16.3. The number of anilines is 2. The SMILES string of the molecule is CCOc1ccccc1NC(=O)CN(c1ccc(I)cc1)S(=O)(=O)c1ccccc1. The van der Waals surface area contributed by atoms with Crippen molar-refractivity contribution in [3.05, 3.63) is 82.4 Å². The smallest absolute Gasteiger partial charge is 0.264 e. The summed E-state index contributed by atoms with van der Waals surface area (Å²) in [5, 5.41) is 2.76. The summed E-state index contributed by atoms with van der Waals surface area (Å²) in [5.74, 6) is 0.0558. The van der Waals surface area contributed by atoms with Crippen LogP contribution in [0.25, 0.3) is 0 Å². The van der Waals surface area contributed by atoms with E-state index >= 15 is 0 Å². The Labute approximate surface area is 190 Å². The lowest BCUT2D eigenvalue weighted by molar-refractivity contribution is -0.114. The average molecular weight is 536 g/mol. The third-order valence-electron chi connectivity index (χ3n) is 4.19. The highest BCUT2D eigenvalue weighted by Gasteiger charge is 2.27. The molecule has 0 saturated heterocycles. The van der Waals surface area contributed by atoms with Gasteiger partial charge >= 0.3 is 0 Å². The first-order valence-corrected chi connectivity index (χ1v) is 11.8. The van der Waals surface area contributed by atoms with E-state index in [1.165, 1.54) is 12.1 Å². The van der Waals surface area contributed by atoms with Crippen molar-refractivity contribution in [2.24, 2.45) is 0 Å². The minimum Gasteiger partial charge on any atom is -0.492 e. The highest BCUT2D eigenvalue weighted by atomic mass is 127. The number of para-hydroxylation sites is 2. The molecule has 1 amide bonds. The molecule has 0 spiro atoms. The molecule has 1 N–H and O–H groups in total. The number of sulfonamides is 1. The van der Waals surface area contributed by atoms with Gasteiger partial charge in [-0.1, -0.05) is 30.3 Å². The van der Waals surface area contributed by atoms with Crippen LogP contribution < -0.4 is 14.4 Å². The zero-order chi connectivity index (χ0) is 21.6. The second-order valence-electron chi connectivity index (χ2n) is 6.28. The van der Waals surface area contributed by atoms with Gasteiger partial charge in [0.2, 0.25) is 5.91 Å². The molecule has 0 aromatic heterocycles. The van der Waals surface area contributed by atoms with Gasteiger partial charge in [0.05, 0.1) is 22.9 Å². The number of amides is 1. The number of rotatable bonds is 8. The van der Waals surface area contributed by atoms with Crippen molar-refractivity contribution in [1.29, 1.82) is 0 Å². The molecular weight excluding hydrogens is 515 g/mol. The summed E-state index contributed by atoms with van der Waals surface area (Å²) in [4.78, 5) is 12.9. The Balaban J connectivity index is 1.92. The van der Waals surface area contributed by atoms with Gasteiger partial charge in [0, 0.05) is 3.57 Å². The number of nitrogens with one attached hydrogen (secondary N) is 1. The summed E-state index contributed by atoms with van der Waals surface area (Å²) in [6, 6.07) is 22.1. The number of benzene rings is 3. The van der Waals surface area contributed by atoms with Crippen molar-refractivity contribution >= 4 is 49.9 Å². The fourth-order valence-electron chi connectivity index (χ4n) is 2.81. The van der Waals surface area contributed by atoms with E-state index in [1.807, 2.05) is 6.92 Å². The number of carbonyl (C=O) groups is 1. The van der Waals surface area contributed by atoms with Gasteiger partial charge in [0.15, 0.2) is 0 Å². The van der Waals surface area contributed by atoms with Crippen LogP contribution in [0.2, 0.25) is 0 Å². The predicted molar refractivity (Wildman–Crippen MR) is 126 cm³/mol. The first-order chi connectivity index (χ1) is 14.4. The summed E-state index contributed by atoms with van der Waals surface area (Å²) in [6.07, 6.45) is 0. The van der Waals surface area contributed by atoms with Crippen LogP contribution in [0.3, 0.4) is 0 Å². The minimum atomic E-state index is -3.94. The third kappa shape index (κ3) is 5.31. The van der Waals surface area contributed by atoms with Gasteiger partial charge < -0.3 is 10.1 Å². The van der Waals surface area contributed by atoms with Crippen molar-refractivity contribution < 1.29 is 17.9 Å². The van der Waals surface area contributed by atoms with Crippen LogP contribution in [0.4, 0.5) is 11.4 Å². The van der Waals surface area contributed by atoms with Crippen LogP contribution in [0.1, 0.15) is 6.92 Å². The van der Waals surface area contributed by atoms with Crippen LogP contribution in [0, 0.1) is 3.57 Å². The van der Waals surface area contributed by atoms with Crippen molar-refractivity contribution in [1.82, 2.24) is 0 Å². The van der Waals surface area contributed by atoms with Gasteiger partial charge in [0.1, 0.15) is 12.3 Å². The Morgan fingerprint density at radius 2 is 1.60 bits per heavy atom. The van der Waals surface area contributed by atoms with Crippen LogP contribution >= 0.6 is 22.6 Å². The van der Waals surface area contributed by atoms with Gasteiger partial charge in [0.25, 0.3) is 10.0 Å². The molecule has 156 valence electrons. The van der Waals surface area contributed by atoms with Crippen LogP contribution in [0.5, 0.6) is 5.75 Å². The van der Waals surface area contributed by atoms with E-state index in [-0.39, 0.29) is 11.4 Å². The highest BCUT2D eigenvalue weighted by molar-refractivity contribution is 14.1. The number of ether oxygens (including phenoxy) is 1. The van der Waals surface area contributed by atoms with Gasteiger partial charge in [-0.15, -0.1) is 0 Å². The lowest BCUT2D eigenvalue weighted by Crippen LogP contribution is -2.38. The molecule has 0 aliphatic heterocycles. The molecule has 0 fully saturated rings. The molecule has 30 heavy (non-hydrogen) atoms. The maximum Gasteiger partial charge on any atom is 0.264 e. The number of carbonyl (C=O) groups excluding carboxylic acids is 1. The molecule has 3 aromatic rings. The van der Waals surface area contributed by atoms with Crippen molar-refractivity contribution in [3.63, 3.8) is 0 Å². The average Bonchev–Trinajstić information content (AvgIpc) is 2.75. The van der Waals surface area contributed by atoms with E-state index in [2.05, 4.69) is 27.9 Å². The van der Waals surface area contributed by atoms with Crippen molar-refractivity contribution in [2.75, 3.05) is 22.8 Å². The lowest BCUT2D eigenvalue weighted by Gasteiger charge is -2.24. The Hall–Kier alpha value is -2.59. The molecule has 0 atom stereocenters. The summed E-state index contributed by atoms with van der Waals surface area (Å²) >= 11 is 2.14. The molecule has 0 radical (unpaired) electrons. The molecule has 0 aliphatic rings. The van der Waals surface area contributed by atoms with Gasteiger partial charge in [-0.05, 0) is 78.0 Å². The monoisotopic (exact) mass is 536 g/mol. The van der Waals surface area contributed by atoms with E-state index < -0.39 is 15.9 Å². The van der Waals surface area contributed by atoms with E-state index in [4.69, 9.17) is 4.74 Å².